The fourth-order valence-electron chi connectivity index (χ4n) is 0.271. The molecule has 6 heteroatoms. The first-order valence-corrected chi connectivity index (χ1v) is 11.1. The fourth-order valence-corrected chi connectivity index (χ4v) is 13.6. The van der Waals surface area contributed by atoms with Crippen molar-refractivity contribution in [1.29, 1.82) is 0 Å². The van der Waals surface area contributed by atoms with Gasteiger partial charge in [-0.15, -0.1) is 22.2 Å². The minimum absolute atomic E-state index is 0.666. The first kappa shape index (κ1) is 9.59. The van der Waals surface area contributed by atoms with Crippen molar-refractivity contribution in [3.63, 3.8) is 0 Å². The zero-order valence-corrected chi connectivity index (χ0v) is 9.47. The summed E-state index contributed by atoms with van der Waals surface area (Å²) in [5.74, 6) is 0. The Bertz CT molecular complexity index is 66.9. The molecule has 0 aromatic rings. The molecule has 0 amide bonds. The molecule has 0 aliphatic heterocycles. The van der Waals surface area contributed by atoms with Gasteiger partial charge in [0.25, 0.3) is 0 Å². The van der Waals surface area contributed by atoms with Crippen LogP contribution in [-0.4, -0.2) is 14.1 Å². The lowest BCUT2D eigenvalue weighted by Crippen LogP contribution is -2.17. The lowest BCUT2D eigenvalue weighted by Gasteiger charge is -2.07. The summed E-state index contributed by atoms with van der Waals surface area (Å²) in [7, 11) is -1.55. The molecule has 0 aromatic carbocycles. The zero-order valence-electron chi connectivity index (χ0n) is 4.30. The quantitative estimate of drug-likeness (QED) is 0.503. The van der Waals surface area contributed by atoms with Gasteiger partial charge < -0.3 is 0 Å². The highest BCUT2D eigenvalue weighted by Crippen LogP contribution is 2.23. The molecule has 0 aromatic heterocycles. The van der Waals surface area contributed by atoms with Crippen LogP contribution in [0.2, 0.25) is 12.2 Å². The molecule has 0 atom stereocenters. The van der Waals surface area contributed by atoms with Crippen LogP contribution in [0.25, 0.3) is 0 Å². The maximum Gasteiger partial charge on any atom is 0.247 e. The second kappa shape index (κ2) is 3.69. The van der Waals surface area contributed by atoms with Crippen molar-refractivity contribution in [2.45, 2.75) is 12.2 Å². The van der Waals surface area contributed by atoms with Gasteiger partial charge in [0.15, 0.2) is 0 Å². The molecule has 0 N–H and O–H groups in total. The van der Waals surface area contributed by atoms with Gasteiger partial charge in [0.05, 0.1) is 0 Å². The van der Waals surface area contributed by atoms with E-state index in [1.807, 2.05) is 6.55 Å². The highest BCUT2D eigenvalue weighted by atomic mass is 35.7. The maximum atomic E-state index is 5.70. The topological polar surface area (TPSA) is 0 Å². The van der Waals surface area contributed by atoms with Gasteiger partial charge in [-0.1, -0.05) is 0 Å². The van der Waals surface area contributed by atoms with Gasteiger partial charge in [-0.3, -0.25) is 0 Å². The molecule has 0 radical (unpaired) electrons. The fraction of sp³-hybridized carbons (Fsp3) is 1.00. The van der Waals surface area contributed by atoms with Gasteiger partial charge in [0, 0.05) is 0 Å². The molecule has 0 bridgehead atoms. The first-order valence-electron chi connectivity index (χ1n) is 2.08. The Hall–Kier alpha value is 1.59. The Morgan fingerprint density at radius 1 is 1.38 bits per heavy atom. The molecule has 0 unspecified atom stereocenters. The average Bonchev–Trinajstić information content (AvgIpc) is 1.21. The van der Waals surface area contributed by atoms with E-state index in [1.165, 1.54) is 0 Å². The van der Waals surface area contributed by atoms with Crippen molar-refractivity contribution < 1.29 is 0 Å². The molecular formula is C2H6Cl4Si2. The van der Waals surface area contributed by atoms with E-state index in [1.54, 1.807) is 0 Å². The summed E-state index contributed by atoms with van der Waals surface area (Å²) < 4.78 is 0. The second-order valence-corrected chi connectivity index (χ2v) is 15.6. The van der Waals surface area contributed by atoms with Crippen LogP contribution in [0.1, 0.15) is 0 Å². The van der Waals surface area contributed by atoms with Gasteiger partial charge in [-0.05, 0) is 12.2 Å². The summed E-state index contributed by atoms with van der Waals surface area (Å²) in [5, 5.41) is 0. The Kier molecular flexibility index (Phi) is 4.42. The van der Waals surface area contributed by atoms with Crippen LogP contribution in [0.3, 0.4) is 0 Å². The van der Waals surface area contributed by atoms with Gasteiger partial charge >= 0.3 is 0 Å². The lowest BCUT2D eigenvalue weighted by molar-refractivity contribution is 1.91. The van der Waals surface area contributed by atoms with E-state index < -0.39 is 14.1 Å². The van der Waals surface area contributed by atoms with Crippen molar-refractivity contribution in [3.8, 4) is 0 Å². The van der Waals surface area contributed by atoms with E-state index in [0.717, 1.165) is 0 Å². The number of hydrogen-bond acceptors (Lipinski definition) is 0. The number of hydrogen-bond donors (Lipinski definition) is 0. The molecule has 0 aliphatic rings. The molecule has 0 fully saturated rings. The van der Waals surface area contributed by atoms with Crippen LogP contribution in [0.15, 0.2) is 0 Å². The Morgan fingerprint density at radius 2 is 1.75 bits per heavy atom. The van der Waals surface area contributed by atoms with E-state index in [-0.39, 0.29) is 0 Å². The van der Waals surface area contributed by atoms with E-state index in [0.29, 0.717) is 5.67 Å². The largest absolute Gasteiger partial charge is 0.247 e. The third kappa shape index (κ3) is 7.59. The first-order chi connectivity index (χ1) is 3.42. The van der Waals surface area contributed by atoms with Crippen LogP contribution in [0, 0.1) is 0 Å². The SMILES string of the molecule is C[Si](Cl)(Cl)C[SiH](Cl)Cl. The molecule has 0 nitrogen and oxygen atoms in total. The maximum absolute atomic E-state index is 5.70. The minimum atomic E-state index is -1.98. The lowest BCUT2D eigenvalue weighted by atomic mass is 11.8. The standard InChI is InChI=1S/C2H6Cl4Si2/c1-8(5,6)2-7(3)4/h7H,2H2,1H3. The third-order valence-corrected chi connectivity index (χ3v) is 10.2. The molecule has 0 saturated heterocycles. The summed E-state index contributed by atoms with van der Waals surface area (Å²) in [6, 6.07) is 0. The molecule has 50 valence electrons. The van der Waals surface area contributed by atoms with Gasteiger partial charge in [-0.25, -0.2) is 0 Å². The van der Waals surface area contributed by atoms with Crippen LogP contribution >= 0.6 is 44.3 Å². The van der Waals surface area contributed by atoms with Gasteiger partial charge in [0.2, 0.25) is 14.1 Å². The zero-order chi connectivity index (χ0) is 6.78. The molecule has 0 spiro atoms. The minimum Gasteiger partial charge on any atom is -0.151 e. The molecular weight excluding hydrogens is 222 g/mol. The predicted molar refractivity (Wildman–Crippen MR) is 47.0 cm³/mol. The normalized spacial score (nSPS) is 12.8. The van der Waals surface area contributed by atoms with Crippen molar-refractivity contribution in [2.75, 3.05) is 0 Å². The summed E-state index contributed by atoms with van der Waals surface area (Å²) in [6.45, 7) is -0.158. The van der Waals surface area contributed by atoms with Crippen LogP contribution in [0.4, 0.5) is 0 Å². The highest BCUT2D eigenvalue weighted by Gasteiger charge is 2.24. The summed E-state index contributed by atoms with van der Waals surface area (Å²) in [6.07, 6.45) is 0. The van der Waals surface area contributed by atoms with Gasteiger partial charge in [0.1, 0.15) is 0 Å². The Balaban J connectivity index is 3.39. The summed E-state index contributed by atoms with van der Waals surface area (Å²) >= 11 is 22.5. The van der Waals surface area contributed by atoms with E-state index in [2.05, 4.69) is 0 Å². The van der Waals surface area contributed by atoms with Crippen molar-refractivity contribution in [2.24, 2.45) is 0 Å². The number of rotatable bonds is 2. The van der Waals surface area contributed by atoms with Crippen molar-refractivity contribution in [1.82, 2.24) is 0 Å². The highest BCUT2D eigenvalue weighted by molar-refractivity contribution is 7.51. The average molecular weight is 228 g/mol. The monoisotopic (exact) mass is 226 g/mol. The van der Waals surface area contributed by atoms with Crippen LogP contribution in [-0.2, 0) is 0 Å². The molecule has 8 heavy (non-hydrogen) atoms. The molecule has 0 rings (SSSR count). The predicted octanol–water partition coefficient (Wildman–Crippen LogP) is 2.77. The van der Waals surface area contributed by atoms with Crippen LogP contribution in [0.5, 0.6) is 0 Å². The summed E-state index contributed by atoms with van der Waals surface area (Å²) in [5.41, 5.74) is 0.666. The summed E-state index contributed by atoms with van der Waals surface area (Å²) in [4.78, 5) is 0. The van der Waals surface area contributed by atoms with Gasteiger partial charge in [-0.2, -0.15) is 22.2 Å². The van der Waals surface area contributed by atoms with Crippen molar-refractivity contribution in [3.05, 3.63) is 0 Å². The van der Waals surface area contributed by atoms with E-state index in [9.17, 15) is 0 Å². The Labute approximate surface area is 70.5 Å². The van der Waals surface area contributed by atoms with E-state index >= 15 is 0 Å². The Morgan fingerprint density at radius 3 is 1.75 bits per heavy atom. The number of halogens is 4. The smallest absolute Gasteiger partial charge is 0.151 e. The molecule has 0 heterocycles. The molecule has 0 aliphatic carbocycles. The second-order valence-electron chi connectivity index (χ2n) is 1.67. The van der Waals surface area contributed by atoms with E-state index in [4.69, 9.17) is 44.3 Å². The van der Waals surface area contributed by atoms with Crippen molar-refractivity contribution >= 4 is 58.4 Å². The third-order valence-electron chi connectivity index (χ3n) is 0.513. The molecule has 0 saturated carbocycles. The van der Waals surface area contributed by atoms with Crippen LogP contribution < -0.4 is 0 Å².